The maximum atomic E-state index is 11.5. The second-order valence-corrected chi connectivity index (χ2v) is 6.85. The second-order valence-electron chi connectivity index (χ2n) is 6.85. The van der Waals surface area contributed by atoms with E-state index in [1.54, 1.807) is 13.4 Å². The Kier molecular flexibility index (Phi) is 4.43. The topological polar surface area (TPSA) is 78.3 Å². The van der Waals surface area contributed by atoms with Crippen LogP contribution in [0, 0.1) is 5.92 Å². The van der Waals surface area contributed by atoms with Gasteiger partial charge in [0, 0.05) is 37.6 Å². The number of amides is 1. The van der Waals surface area contributed by atoms with Crippen LogP contribution < -0.4 is 14.8 Å². The Morgan fingerprint density at radius 2 is 2.19 bits per heavy atom. The van der Waals surface area contributed by atoms with Crippen LogP contribution in [0.15, 0.2) is 36.7 Å². The Morgan fingerprint density at radius 1 is 1.33 bits per heavy atom. The van der Waals surface area contributed by atoms with E-state index in [1.165, 1.54) is 0 Å². The first-order valence-corrected chi connectivity index (χ1v) is 8.95. The lowest BCUT2D eigenvalue weighted by Crippen LogP contribution is -2.25. The zero-order valence-electron chi connectivity index (χ0n) is 15.6. The molecule has 1 aliphatic heterocycles. The number of imidazole rings is 1. The Bertz CT molecular complexity index is 998. The van der Waals surface area contributed by atoms with E-state index in [0.717, 1.165) is 28.0 Å². The summed E-state index contributed by atoms with van der Waals surface area (Å²) < 4.78 is 13.5. The Morgan fingerprint density at radius 3 is 2.93 bits per heavy atom. The summed E-state index contributed by atoms with van der Waals surface area (Å²) in [5, 5.41) is 2.87. The van der Waals surface area contributed by atoms with Crippen LogP contribution >= 0.6 is 0 Å². The fourth-order valence-electron chi connectivity index (χ4n) is 3.44. The number of pyridine rings is 1. The summed E-state index contributed by atoms with van der Waals surface area (Å²) in [7, 11) is 3.54. The van der Waals surface area contributed by atoms with Crippen LogP contribution in [0.5, 0.6) is 11.6 Å². The van der Waals surface area contributed by atoms with Crippen molar-refractivity contribution in [2.45, 2.75) is 19.4 Å². The molecule has 0 radical (unpaired) electrons. The smallest absolute Gasteiger partial charge is 0.220 e. The molecule has 3 heterocycles. The number of fused-ring (bicyclic) bond motifs is 1. The molecule has 0 aliphatic carbocycles. The van der Waals surface area contributed by atoms with E-state index in [1.807, 2.05) is 48.9 Å². The molecule has 2 aromatic heterocycles. The van der Waals surface area contributed by atoms with Gasteiger partial charge < -0.3 is 19.4 Å². The molecule has 2 unspecified atom stereocenters. The standard InChI is InChI=1S/C20H22N4O3/c1-12(14-9-18(25)21-10-14)27-17-8-13(7-16-20(17)24(2)11-22-16)15-5-4-6-19(23-15)26-3/h4-8,11-12,14H,9-10H2,1-3H3,(H,21,25). The van der Waals surface area contributed by atoms with Gasteiger partial charge in [-0.2, -0.15) is 0 Å². The number of ether oxygens (including phenoxy) is 2. The van der Waals surface area contributed by atoms with Crippen molar-refractivity contribution < 1.29 is 14.3 Å². The zero-order valence-corrected chi connectivity index (χ0v) is 15.6. The molecule has 1 saturated heterocycles. The van der Waals surface area contributed by atoms with E-state index >= 15 is 0 Å². The van der Waals surface area contributed by atoms with E-state index < -0.39 is 0 Å². The summed E-state index contributed by atoms with van der Waals surface area (Å²) in [5.41, 5.74) is 3.45. The third kappa shape index (κ3) is 3.32. The van der Waals surface area contributed by atoms with E-state index in [4.69, 9.17) is 9.47 Å². The van der Waals surface area contributed by atoms with Crippen molar-refractivity contribution in [3.63, 3.8) is 0 Å². The molecule has 0 saturated carbocycles. The van der Waals surface area contributed by atoms with Crippen LogP contribution in [0.4, 0.5) is 0 Å². The summed E-state index contributed by atoms with van der Waals surface area (Å²) >= 11 is 0. The lowest BCUT2D eigenvalue weighted by atomic mass is 10.0. The SMILES string of the molecule is COc1cccc(-c2cc(OC(C)C3CNC(=O)C3)c3c(c2)ncn3C)n1. The number of aryl methyl sites for hydroxylation is 1. The Labute approximate surface area is 157 Å². The average molecular weight is 366 g/mol. The number of rotatable bonds is 5. The number of carbonyl (C=O) groups excluding carboxylic acids is 1. The molecule has 4 rings (SSSR count). The number of methoxy groups -OCH3 is 1. The summed E-state index contributed by atoms with van der Waals surface area (Å²) in [6.07, 6.45) is 2.16. The minimum atomic E-state index is -0.101. The van der Waals surface area contributed by atoms with Gasteiger partial charge in [-0.05, 0) is 25.1 Å². The number of aromatic nitrogens is 3. The highest BCUT2D eigenvalue weighted by atomic mass is 16.5. The number of nitrogens with one attached hydrogen (secondary N) is 1. The molecule has 1 aliphatic rings. The highest BCUT2D eigenvalue weighted by molar-refractivity contribution is 5.87. The lowest BCUT2D eigenvalue weighted by molar-refractivity contribution is -0.119. The summed E-state index contributed by atoms with van der Waals surface area (Å²) in [6, 6.07) is 9.62. The van der Waals surface area contributed by atoms with Gasteiger partial charge in [-0.1, -0.05) is 6.07 Å². The van der Waals surface area contributed by atoms with Gasteiger partial charge in [-0.3, -0.25) is 4.79 Å². The fraction of sp³-hybridized carbons (Fsp3) is 0.350. The van der Waals surface area contributed by atoms with Gasteiger partial charge in [0.05, 0.1) is 24.6 Å². The molecule has 0 spiro atoms. The molecule has 7 heteroatoms. The molecule has 3 aromatic rings. The summed E-state index contributed by atoms with van der Waals surface area (Å²) in [4.78, 5) is 20.5. The third-order valence-corrected chi connectivity index (χ3v) is 4.99. The van der Waals surface area contributed by atoms with E-state index in [-0.39, 0.29) is 17.9 Å². The minimum Gasteiger partial charge on any atom is -0.488 e. The second kappa shape index (κ2) is 6.90. The fourth-order valence-corrected chi connectivity index (χ4v) is 3.44. The quantitative estimate of drug-likeness (QED) is 0.751. The molecule has 1 amide bonds. The van der Waals surface area contributed by atoms with Gasteiger partial charge in [0.1, 0.15) is 17.4 Å². The highest BCUT2D eigenvalue weighted by Crippen LogP contribution is 2.33. The van der Waals surface area contributed by atoms with Crippen molar-refractivity contribution in [1.82, 2.24) is 19.9 Å². The van der Waals surface area contributed by atoms with Gasteiger partial charge in [-0.15, -0.1) is 0 Å². The van der Waals surface area contributed by atoms with E-state index in [9.17, 15) is 4.79 Å². The first-order valence-electron chi connectivity index (χ1n) is 8.95. The van der Waals surface area contributed by atoms with Crippen molar-refractivity contribution in [2.75, 3.05) is 13.7 Å². The van der Waals surface area contributed by atoms with Gasteiger partial charge in [0.25, 0.3) is 0 Å². The van der Waals surface area contributed by atoms with Gasteiger partial charge in [-0.25, -0.2) is 9.97 Å². The molecule has 7 nitrogen and oxygen atoms in total. The molecular formula is C20H22N4O3. The van der Waals surface area contributed by atoms with E-state index in [2.05, 4.69) is 15.3 Å². The first-order chi connectivity index (χ1) is 13.0. The normalized spacial score (nSPS) is 17.7. The monoisotopic (exact) mass is 366 g/mol. The summed E-state index contributed by atoms with van der Waals surface area (Å²) in [6.45, 7) is 2.65. The minimum absolute atomic E-state index is 0.0791. The maximum Gasteiger partial charge on any atom is 0.220 e. The predicted octanol–water partition coefficient (Wildman–Crippen LogP) is 2.55. The molecule has 27 heavy (non-hydrogen) atoms. The van der Waals surface area contributed by atoms with Crippen molar-refractivity contribution in [3.8, 4) is 22.9 Å². The Balaban J connectivity index is 1.74. The first kappa shape index (κ1) is 17.3. The molecular weight excluding hydrogens is 344 g/mol. The van der Waals surface area contributed by atoms with Crippen LogP contribution in [0.2, 0.25) is 0 Å². The predicted molar refractivity (Wildman–Crippen MR) is 102 cm³/mol. The van der Waals surface area contributed by atoms with Crippen molar-refractivity contribution in [1.29, 1.82) is 0 Å². The van der Waals surface area contributed by atoms with Crippen LogP contribution in [0.25, 0.3) is 22.3 Å². The van der Waals surface area contributed by atoms with Crippen LogP contribution in [0.1, 0.15) is 13.3 Å². The van der Waals surface area contributed by atoms with Gasteiger partial charge in [0.15, 0.2) is 0 Å². The molecule has 2 atom stereocenters. The zero-order chi connectivity index (χ0) is 19.0. The Hall–Kier alpha value is -3.09. The number of carbonyl (C=O) groups is 1. The van der Waals surface area contributed by atoms with Crippen molar-refractivity contribution in [2.24, 2.45) is 13.0 Å². The molecule has 1 N–H and O–H groups in total. The third-order valence-electron chi connectivity index (χ3n) is 4.99. The molecule has 1 fully saturated rings. The van der Waals surface area contributed by atoms with Crippen LogP contribution in [-0.2, 0) is 11.8 Å². The number of benzene rings is 1. The van der Waals surface area contributed by atoms with Crippen LogP contribution in [-0.4, -0.2) is 40.2 Å². The number of nitrogens with zero attached hydrogens (tertiary/aromatic N) is 3. The maximum absolute atomic E-state index is 11.5. The van der Waals surface area contributed by atoms with Crippen LogP contribution in [0.3, 0.4) is 0 Å². The van der Waals surface area contributed by atoms with Gasteiger partial charge >= 0.3 is 0 Å². The van der Waals surface area contributed by atoms with E-state index in [0.29, 0.717) is 18.8 Å². The number of hydrogen-bond acceptors (Lipinski definition) is 5. The average Bonchev–Trinajstić information content (AvgIpc) is 3.28. The molecule has 140 valence electrons. The van der Waals surface area contributed by atoms with Crippen molar-refractivity contribution >= 4 is 16.9 Å². The molecule has 1 aromatic carbocycles. The highest BCUT2D eigenvalue weighted by Gasteiger charge is 2.28. The lowest BCUT2D eigenvalue weighted by Gasteiger charge is -2.21. The largest absolute Gasteiger partial charge is 0.488 e. The summed E-state index contributed by atoms with van der Waals surface area (Å²) in [5.74, 6) is 1.52. The molecule has 0 bridgehead atoms. The van der Waals surface area contributed by atoms with Crippen molar-refractivity contribution in [3.05, 3.63) is 36.7 Å². The van der Waals surface area contributed by atoms with Gasteiger partial charge in [0.2, 0.25) is 11.8 Å². The number of hydrogen-bond donors (Lipinski definition) is 1.